The Morgan fingerprint density at radius 2 is 1.84 bits per heavy atom. The summed E-state index contributed by atoms with van der Waals surface area (Å²) in [5.74, 6) is -0.244. The van der Waals surface area contributed by atoms with Gasteiger partial charge in [-0.3, -0.25) is 4.79 Å². The average molecular weight is 378 g/mol. The Bertz CT molecular complexity index is 901. The molecule has 0 saturated carbocycles. The first-order chi connectivity index (χ1) is 12.1. The fourth-order valence-electron chi connectivity index (χ4n) is 3.25. The van der Waals surface area contributed by atoms with Crippen LogP contribution in [-0.2, 0) is 21.2 Å². The summed E-state index contributed by atoms with van der Waals surface area (Å²) in [6, 6.07) is 9.29. The Morgan fingerprint density at radius 3 is 2.64 bits per heavy atom. The molecule has 0 spiro atoms. The second-order valence-corrected chi connectivity index (χ2v) is 8.79. The molecule has 0 aliphatic carbocycles. The molecule has 25 heavy (non-hydrogen) atoms. The van der Waals surface area contributed by atoms with Crippen LogP contribution < -0.4 is 4.90 Å². The van der Waals surface area contributed by atoms with Gasteiger partial charge in [-0.1, -0.05) is 18.2 Å². The number of benzene rings is 1. The van der Waals surface area contributed by atoms with Crippen LogP contribution in [0.1, 0.15) is 15.2 Å². The lowest BCUT2D eigenvalue weighted by Crippen LogP contribution is -2.41. The number of fused-ring (bicyclic) bond motifs is 1. The average Bonchev–Trinajstić information content (AvgIpc) is 3.29. The molecular weight excluding hydrogens is 360 g/mol. The summed E-state index contributed by atoms with van der Waals surface area (Å²) in [5.41, 5.74) is 1.99. The van der Waals surface area contributed by atoms with E-state index in [0.29, 0.717) is 32.8 Å². The lowest BCUT2D eigenvalue weighted by atomic mass is 10.2. The number of amides is 1. The summed E-state index contributed by atoms with van der Waals surface area (Å²) in [6.07, 6.45) is 0.791. The van der Waals surface area contributed by atoms with Crippen molar-refractivity contribution in [1.29, 1.82) is 0 Å². The second kappa shape index (κ2) is 6.53. The molecule has 6 nitrogen and oxygen atoms in total. The summed E-state index contributed by atoms with van der Waals surface area (Å²) < 4.78 is 32.5. The van der Waals surface area contributed by atoms with Crippen molar-refractivity contribution in [3.05, 3.63) is 46.2 Å². The SMILES string of the molecule is O=C(c1sccc1S(=O)(=O)N1CCOCC1)N1CCc2ccccc21. The fourth-order valence-corrected chi connectivity index (χ4v) is 6.01. The van der Waals surface area contributed by atoms with E-state index in [0.717, 1.165) is 17.7 Å². The minimum absolute atomic E-state index is 0.105. The van der Waals surface area contributed by atoms with Gasteiger partial charge in [0.15, 0.2) is 0 Å². The van der Waals surface area contributed by atoms with Gasteiger partial charge in [0, 0.05) is 25.3 Å². The van der Waals surface area contributed by atoms with E-state index in [-0.39, 0.29) is 15.7 Å². The van der Waals surface area contributed by atoms with E-state index in [4.69, 9.17) is 4.74 Å². The predicted octanol–water partition coefficient (Wildman–Crippen LogP) is 1.97. The smallest absolute Gasteiger partial charge is 0.269 e. The van der Waals surface area contributed by atoms with Gasteiger partial charge in [-0.2, -0.15) is 4.31 Å². The zero-order valence-corrected chi connectivity index (χ0v) is 15.2. The minimum atomic E-state index is -3.69. The molecule has 2 aromatic rings. The number of morpholine rings is 1. The molecule has 1 aromatic carbocycles. The van der Waals surface area contributed by atoms with Crippen LogP contribution in [0.15, 0.2) is 40.6 Å². The quantitative estimate of drug-likeness (QED) is 0.819. The highest BCUT2D eigenvalue weighted by atomic mass is 32.2. The van der Waals surface area contributed by atoms with Gasteiger partial charge in [0.25, 0.3) is 5.91 Å². The van der Waals surface area contributed by atoms with E-state index in [1.807, 2.05) is 24.3 Å². The first-order valence-electron chi connectivity index (χ1n) is 8.14. The maximum Gasteiger partial charge on any atom is 0.269 e. The number of carbonyl (C=O) groups is 1. The van der Waals surface area contributed by atoms with E-state index >= 15 is 0 Å². The molecule has 1 fully saturated rings. The topological polar surface area (TPSA) is 66.9 Å². The first kappa shape index (κ1) is 16.7. The molecule has 0 N–H and O–H groups in total. The molecule has 8 heteroatoms. The number of para-hydroxylation sites is 1. The van der Waals surface area contributed by atoms with Crippen molar-refractivity contribution in [3.63, 3.8) is 0 Å². The van der Waals surface area contributed by atoms with Crippen LogP contribution in [0, 0.1) is 0 Å². The number of nitrogens with zero attached hydrogens (tertiary/aromatic N) is 2. The Hall–Kier alpha value is -1.74. The lowest BCUT2D eigenvalue weighted by molar-refractivity contribution is 0.0730. The fraction of sp³-hybridized carbons (Fsp3) is 0.353. The monoisotopic (exact) mass is 378 g/mol. The van der Waals surface area contributed by atoms with Crippen molar-refractivity contribution in [2.24, 2.45) is 0 Å². The number of rotatable bonds is 3. The third-order valence-corrected chi connectivity index (χ3v) is 7.52. The molecule has 2 aliphatic rings. The maximum atomic E-state index is 13.0. The number of carbonyl (C=O) groups excluding carboxylic acids is 1. The Kier molecular flexibility index (Phi) is 4.36. The molecule has 0 bridgehead atoms. The van der Waals surface area contributed by atoms with Crippen molar-refractivity contribution in [1.82, 2.24) is 4.31 Å². The van der Waals surface area contributed by atoms with Gasteiger partial charge in [-0.15, -0.1) is 11.3 Å². The van der Waals surface area contributed by atoms with Crippen LogP contribution in [0.25, 0.3) is 0 Å². The summed E-state index contributed by atoms with van der Waals surface area (Å²) >= 11 is 1.18. The molecule has 2 aliphatic heterocycles. The van der Waals surface area contributed by atoms with E-state index < -0.39 is 10.0 Å². The highest BCUT2D eigenvalue weighted by Crippen LogP contribution is 2.33. The van der Waals surface area contributed by atoms with Gasteiger partial charge >= 0.3 is 0 Å². The lowest BCUT2D eigenvalue weighted by Gasteiger charge is -2.26. The number of thiophene rings is 1. The van der Waals surface area contributed by atoms with Crippen LogP contribution in [0.3, 0.4) is 0 Å². The maximum absolute atomic E-state index is 13.0. The van der Waals surface area contributed by atoms with Gasteiger partial charge in [-0.05, 0) is 29.5 Å². The Morgan fingerprint density at radius 1 is 1.08 bits per heavy atom. The number of anilines is 1. The first-order valence-corrected chi connectivity index (χ1v) is 10.5. The number of hydrogen-bond donors (Lipinski definition) is 0. The predicted molar refractivity (Wildman–Crippen MR) is 95.7 cm³/mol. The normalized spacial score (nSPS) is 18.3. The minimum Gasteiger partial charge on any atom is -0.379 e. The molecule has 132 valence electrons. The van der Waals surface area contributed by atoms with Crippen LogP contribution in [-0.4, -0.2) is 51.5 Å². The van der Waals surface area contributed by atoms with E-state index in [1.54, 1.807) is 10.3 Å². The number of hydrogen-bond acceptors (Lipinski definition) is 5. The molecule has 0 atom stereocenters. The van der Waals surface area contributed by atoms with Crippen molar-refractivity contribution in [3.8, 4) is 0 Å². The molecular formula is C17H18N2O4S2. The highest BCUT2D eigenvalue weighted by Gasteiger charge is 2.34. The Balaban J connectivity index is 1.67. The molecule has 0 radical (unpaired) electrons. The summed E-state index contributed by atoms with van der Waals surface area (Å²) in [5, 5.41) is 1.67. The molecule has 1 amide bonds. The van der Waals surface area contributed by atoms with E-state index in [2.05, 4.69) is 0 Å². The van der Waals surface area contributed by atoms with Gasteiger partial charge in [0.2, 0.25) is 10.0 Å². The zero-order valence-electron chi connectivity index (χ0n) is 13.6. The molecule has 1 aromatic heterocycles. The van der Waals surface area contributed by atoms with Crippen LogP contribution >= 0.6 is 11.3 Å². The van der Waals surface area contributed by atoms with Gasteiger partial charge in [0.05, 0.1) is 13.2 Å². The Labute approximate surface area is 150 Å². The molecule has 1 saturated heterocycles. The van der Waals surface area contributed by atoms with E-state index in [9.17, 15) is 13.2 Å². The number of sulfonamides is 1. The van der Waals surface area contributed by atoms with Crippen LogP contribution in [0.2, 0.25) is 0 Å². The van der Waals surface area contributed by atoms with Gasteiger partial charge in [0.1, 0.15) is 9.77 Å². The largest absolute Gasteiger partial charge is 0.379 e. The standard InChI is InChI=1S/C17H18N2O4S2/c20-17(19-7-5-13-3-1-2-4-14(13)19)16-15(6-12-24-16)25(21,22)18-8-10-23-11-9-18/h1-4,6,12H,5,7-11H2. The van der Waals surface area contributed by atoms with Crippen molar-refractivity contribution < 1.29 is 17.9 Å². The summed E-state index contributed by atoms with van der Waals surface area (Å²) in [6.45, 7) is 1.97. The van der Waals surface area contributed by atoms with Crippen molar-refractivity contribution in [2.45, 2.75) is 11.3 Å². The highest BCUT2D eigenvalue weighted by molar-refractivity contribution is 7.89. The zero-order chi connectivity index (χ0) is 17.4. The van der Waals surface area contributed by atoms with Gasteiger partial charge in [-0.25, -0.2) is 8.42 Å². The third kappa shape index (κ3) is 2.89. The number of ether oxygens (including phenoxy) is 1. The molecule has 0 unspecified atom stereocenters. The third-order valence-electron chi connectivity index (χ3n) is 4.54. The van der Waals surface area contributed by atoms with Gasteiger partial charge < -0.3 is 9.64 Å². The van der Waals surface area contributed by atoms with Crippen molar-refractivity contribution >= 4 is 33.0 Å². The second-order valence-electron chi connectivity index (χ2n) is 5.97. The van der Waals surface area contributed by atoms with E-state index in [1.165, 1.54) is 21.7 Å². The van der Waals surface area contributed by atoms with Crippen molar-refractivity contribution in [2.75, 3.05) is 37.7 Å². The summed E-state index contributed by atoms with van der Waals surface area (Å²) in [4.78, 5) is 15.1. The summed E-state index contributed by atoms with van der Waals surface area (Å²) in [7, 11) is -3.69. The molecule has 4 rings (SSSR count). The van der Waals surface area contributed by atoms with Crippen LogP contribution in [0.5, 0.6) is 0 Å². The van der Waals surface area contributed by atoms with Crippen LogP contribution in [0.4, 0.5) is 5.69 Å². The molecule has 3 heterocycles.